The van der Waals surface area contributed by atoms with Crippen LogP contribution < -0.4 is 5.73 Å². The van der Waals surface area contributed by atoms with E-state index in [1.165, 1.54) is 19.8 Å². The Labute approximate surface area is 90.5 Å². The zero-order chi connectivity index (χ0) is 11.5. The summed E-state index contributed by atoms with van der Waals surface area (Å²) < 4.78 is 6.11. The molecule has 8 nitrogen and oxygen atoms in total. The summed E-state index contributed by atoms with van der Waals surface area (Å²) in [5.41, 5.74) is 5.83. The van der Waals surface area contributed by atoms with Gasteiger partial charge in [0, 0.05) is 0 Å². The molecule has 0 radical (unpaired) electrons. The van der Waals surface area contributed by atoms with Gasteiger partial charge in [0.05, 0.1) is 20.0 Å². The molecule has 0 saturated carbocycles. The molecular weight excluding hydrogens is 212 g/mol. The van der Waals surface area contributed by atoms with Crippen LogP contribution in [0, 0.1) is 0 Å². The number of nitrogen functional groups attached to an aromatic ring is 1. The molecule has 0 bridgehead atoms. The van der Waals surface area contributed by atoms with E-state index in [1.54, 1.807) is 4.57 Å². The summed E-state index contributed by atoms with van der Waals surface area (Å²) in [7, 11) is 1.28. The highest BCUT2D eigenvalue weighted by atomic mass is 16.5. The lowest BCUT2D eigenvalue weighted by Crippen LogP contribution is -2.09. The average Bonchev–Trinajstić information content (AvgIpc) is 2.90. The van der Waals surface area contributed by atoms with E-state index < -0.39 is 5.97 Å². The van der Waals surface area contributed by atoms with Crippen molar-refractivity contribution >= 4 is 11.8 Å². The van der Waals surface area contributed by atoms with Crippen molar-refractivity contribution in [3.8, 4) is 0 Å². The Bertz CT molecular complexity index is 489. The smallest absolute Gasteiger partial charge is 0.360 e. The number of esters is 1. The van der Waals surface area contributed by atoms with Crippen molar-refractivity contribution in [3.05, 3.63) is 24.2 Å². The van der Waals surface area contributed by atoms with Crippen molar-refractivity contribution in [3.63, 3.8) is 0 Å². The number of aromatic nitrogens is 5. The summed E-state index contributed by atoms with van der Waals surface area (Å²) in [5, 5.41) is 6.39. The maximum atomic E-state index is 11.2. The molecule has 0 aliphatic heterocycles. The molecule has 8 heteroatoms. The van der Waals surface area contributed by atoms with E-state index in [0.29, 0.717) is 12.4 Å². The summed E-state index contributed by atoms with van der Waals surface area (Å²) in [4.78, 5) is 19.0. The molecule has 2 aromatic heterocycles. The second-order valence-electron chi connectivity index (χ2n) is 3.03. The monoisotopic (exact) mass is 222 g/mol. The van der Waals surface area contributed by atoms with E-state index in [2.05, 4.69) is 24.9 Å². The molecule has 0 aliphatic carbocycles. The number of carbonyl (C=O) groups is 1. The van der Waals surface area contributed by atoms with E-state index in [0.717, 1.165) is 0 Å². The van der Waals surface area contributed by atoms with E-state index in [1.807, 2.05) is 0 Å². The molecule has 0 amide bonds. The lowest BCUT2D eigenvalue weighted by Gasteiger charge is -2.02. The number of nitrogens with one attached hydrogen (secondary N) is 1. The fourth-order valence-electron chi connectivity index (χ4n) is 1.24. The number of ether oxygens (including phenoxy) is 1. The Morgan fingerprint density at radius 1 is 1.62 bits per heavy atom. The second-order valence-corrected chi connectivity index (χ2v) is 3.03. The van der Waals surface area contributed by atoms with Crippen LogP contribution in [0.3, 0.4) is 0 Å². The van der Waals surface area contributed by atoms with Gasteiger partial charge in [-0.15, -0.1) is 0 Å². The molecule has 2 rings (SSSR count). The Balaban J connectivity index is 2.23. The van der Waals surface area contributed by atoms with Gasteiger partial charge in [-0.2, -0.15) is 5.10 Å². The molecule has 0 unspecified atom stereocenters. The third-order valence-corrected chi connectivity index (χ3v) is 2.04. The number of rotatable bonds is 3. The Morgan fingerprint density at radius 3 is 3.06 bits per heavy atom. The van der Waals surface area contributed by atoms with Gasteiger partial charge in [-0.05, 0) is 0 Å². The number of hydrogen-bond acceptors (Lipinski definition) is 6. The minimum absolute atomic E-state index is 0.0991. The van der Waals surface area contributed by atoms with Crippen LogP contribution in [0.4, 0.5) is 5.82 Å². The number of H-pyrrole nitrogens is 1. The molecule has 0 atom stereocenters. The first-order valence-electron chi connectivity index (χ1n) is 4.45. The maximum Gasteiger partial charge on any atom is 0.360 e. The maximum absolute atomic E-state index is 11.2. The Morgan fingerprint density at radius 2 is 2.44 bits per heavy atom. The van der Waals surface area contributed by atoms with Gasteiger partial charge in [0.25, 0.3) is 0 Å². The third-order valence-electron chi connectivity index (χ3n) is 2.04. The predicted molar refractivity (Wildman–Crippen MR) is 53.5 cm³/mol. The van der Waals surface area contributed by atoms with E-state index in [4.69, 9.17) is 5.73 Å². The van der Waals surface area contributed by atoms with Crippen LogP contribution in [-0.4, -0.2) is 37.8 Å². The fourth-order valence-corrected chi connectivity index (χ4v) is 1.24. The minimum atomic E-state index is -0.561. The van der Waals surface area contributed by atoms with Crippen LogP contribution in [0.1, 0.15) is 16.3 Å². The highest BCUT2D eigenvalue weighted by molar-refractivity contribution is 5.92. The van der Waals surface area contributed by atoms with Gasteiger partial charge in [-0.1, -0.05) is 0 Å². The molecule has 0 aromatic carbocycles. The zero-order valence-electron chi connectivity index (χ0n) is 8.54. The van der Waals surface area contributed by atoms with Crippen LogP contribution in [-0.2, 0) is 11.3 Å². The molecule has 0 fully saturated rings. The topological polar surface area (TPSA) is 112 Å². The summed E-state index contributed by atoms with van der Waals surface area (Å²) in [6, 6.07) is 0. The Kier molecular flexibility index (Phi) is 2.54. The first kappa shape index (κ1) is 10.1. The highest BCUT2D eigenvalue weighted by Crippen LogP contribution is 2.11. The number of nitrogens with zero attached hydrogens (tertiary/aromatic N) is 4. The largest absolute Gasteiger partial charge is 0.464 e. The summed E-state index contributed by atoms with van der Waals surface area (Å²) >= 11 is 0. The van der Waals surface area contributed by atoms with Crippen molar-refractivity contribution in [2.24, 2.45) is 0 Å². The van der Waals surface area contributed by atoms with Crippen molar-refractivity contribution < 1.29 is 9.53 Å². The van der Waals surface area contributed by atoms with Gasteiger partial charge < -0.3 is 15.0 Å². The molecule has 2 aromatic rings. The SMILES string of the molecule is COC(=O)c1ncn(Cc2ncn[nH]2)c1N. The molecule has 0 saturated heterocycles. The zero-order valence-corrected chi connectivity index (χ0v) is 8.54. The Hall–Kier alpha value is -2.38. The van der Waals surface area contributed by atoms with Gasteiger partial charge >= 0.3 is 5.97 Å². The van der Waals surface area contributed by atoms with E-state index in [-0.39, 0.29) is 11.5 Å². The summed E-state index contributed by atoms with van der Waals surface area (Å²) in [6.07, 6.45) is 2.84. The van der Waals surface area contributed by atoms with Crippen LogP contribution >= 0.6 is 0 Å². The summed E-state index contributed by atoms with van der Waals surface area (Å²) in [6.45, 7) is 0.371. The van der Waals surface area contributed by atoms with Crippen LogP contribution in [0.2, 0.25) is 0 Å². The lowest BCUT2D eigenvalue weighted by molar-refractivity contribution is 0.0596. The van der Waals surface area contributed by atoms with E-state index >= 15 is 0 Å². The molecule has 16 heavy (non-hydrogen) atoms. The molecular formula is C8H10N6O2. The van der Waals surface area contributed by atoms with Crippen molar-refractivity contribution in [1.82, 2.24) is 24.7 Å². The number of carbonyl (C=O) groups excluding carboxylic acids is 1. The van der Waals surface area contributed by atoms with E-state index in [9.17, 15) is 4.79 Å². The number of anilines is 1. The van der Waals surface area contributed by atoms with Gasteiger partial charge in [0.2, 0.25) is 0 Å². The molecule has 84 valence electrons. The number of hydrogen-bond donors (Lipinski definition) is 2. The fraction of sp³-hybridized carbons (Fsp3) is 0.250. The average molecular weight is 222 g/mol. The molecule has 2 heterocycles. The minimum Gasteiger partial charge on any atom is -0.464 e. The number of methoxy groups -OCH3 is 1. The van der Waals surface area contributed by atoms with Gasteiger partial charge in [-0.3, -0.25) is 5.10 Å². The highest BCUT2D eigenvalue weighted by Gasteiger charge is 2.16. The van der Waals surface area contributed by atoms with Crippen LogP contribution in [0.25, 0.3) is 0 Å². The normalized spacial score (nSPS) is 10.3. The number of nitrogens with two attached hydrogens (primary N) is 1. The van der Waals surface area contributed by atoms with Crippen LogP contribution in [0.5, 0.6) is 0 Å². The van der Waals surface area contributed by atoms with Gasteiger partial charge in [-0.25, -0.2) is 14.8 Å². The molecule has 0 spiro atoms. The van der Waals surface area contributed by atoms with Gasteiger partial charge in [0.1, 0.15) is 18.0 Å². The van der Waals surface area contributed by atoms with Crippen molar-refractivity contribution in [2.75, 3.05) is 12.8 Å². The third kappa shape index (κ3) is 1.72. The van der Waals surface area contributed by atoms with Crippen molar-refractivity contribution in [2.45, 2.75) is 6.54 Å². The first-order chi connectivity index (χ1) is 7.72. The molecule has 0 aliphatic rings. The number of aromatic amines is 1. The standard InChI is InChI=1S/C8H10N6O2/c1-16-8(15)6-7(9)14(4-11-6)2-5-10-3-12-13-5/h3-4H,2,9H2,1H3,(H,10,12,13). The first-order valence-corrected chi connectivity index (χ1v) is 4.45. The van der Waals surface area contributed by atoms with Crippen LogP contribution in [0.15, 0.2) is 12.7 Å². The van der Waals surface area contributed by atoms with Gasteiger partial charge in [0.15, 0.2) is 5.69 Å². The lowest BCUT2D eigenvalue weighted by atomic mass is 10.4. The predicted octanol–water partition coefficient (Wildman–Crippen LogP) is -0.582. The quantitative estimate of drug-likeness (QED) is 0.672. The molecule has 3 N–H and O–H groups in total. The number of imidazole rings is 1. The second kappa shape index (κ2) is 4.01. The summed E-state index contributed by atoms with van der Waals surface area (Å²) in [5.74, 6) is 0.303. The van der Waals surface area contributed by atoms with Crippen molar-refractivity contribution in [1.29, 1.82) is 0 Å².